The molecule has 0 spiro atoms. The highest BCUT2D eigenvalue weighted by atomic mass is 16.4. The minimum absolute atomic E-state index is 0.0965. The quantitative estimate of drug-likeness (QED) is 0.749. The molecule has 23 heavy (non-hydrogen) atoms. The van der Waals surface area contributed by atoms with Crippen molar-refractivity contribution in [3.63, 3.8) is 0 Å². The second kappa shape index (κ2) is 8.30. The third-order valence-electron chi connectivity index (χ3n) is 3.33. The van der Waals surface area contributed by atoms with Gasteiger partial charge < -0.3 is 20.2 Å². The van der Waals surface area contributed by atoms with E-state index in [1.807, 2.05) is 32.6 Å². The molecule has 128 valence electrons. The highest BCUT2D eigenvalue weighted by Gasteiger charge is 2.21. The van der Waals surface area contributed by atoms with Crippen LogP contribution in [0.4, 0.5) is 17.5 Å². The molecule has 0 saturated carbocycles. The number of carboxylic acid groups (broad SMARTS) is 1. The Kier molecular flexibility index (Phi) is 6.74. The molecule has 0 aromatic carbocycles. The fourth-order valence-electron chi connectivity index (χ4n) is 2.30. The molecule has 1 aromatic rings. The summed E-state index contributed by atoms with van der Waals surface area (Å²) in [5.41, 5.74) is 0.477. The number of amides is 1. The first-order valence-corrected chi connectivity index (χ1v) is 7.69. The lowest BCUT2D eigenvalue weighted by atomic mass is 10.2. The molecule has 0 fully saturated rings. The SMILES string of the molecule is CCN(CC)c1ncc(N(C(C)=O)C(C)C)c(NCC(=O)O)n1. The smallest absolute Gasteiger partial charge is 0.322 e. The Morgan fingerprint density at radius 2 is 1.91 bits per heavy atom. The van der Waals surface area contributed by atoms with Crippen molar-refractivity contribution in [2.45, 2.75) is 40.7 Å². The molecule has 2 N–H and O–H groups in total. The number of hydrogen-bond acceptors (Lipinski definition) is 6. The molecule has 1 aromatic heterocycles. The number of aromatic nitrogens is 2. The van der Waals surface area contributed by atoms with E-state index in [9.17, 15) is 9.59 Å². The Bertz CT molecular complexity index is 558. The molecule has 0 aliphatic rings. The summed E-state index contributed by atoms with van der Waals surface area (Å²) in [5, 5.41) is 11.7. The molecule has 1 heterocycles. The van der Waals surface area contributed by atoms with Gasteiger partial charge >= 0.3 is 5.97 Å². The topological polar surface area (TPSA) is 98.7 Å². The maximum Gasteiger partial charge on any atom is 0.322 e. The molecule has 8 nitrogen and oxygen atoms in total. The monoisotopic (exact) mass is 323 g/mol. The summed E-state index contributed by atoms with van der Waals surface area (Å²) in [6.45, 7) is 10.4. The molecule has 0 atom stereocenters. The Labute approximate surface area is 136 Å². The Hall–Kier alpha value is -2.38. The van der Waals surface area contributed by atoms with Gasteiger partial charge in [-0.3, -0.25) is 9.59 Å². The van der Waals surface area contributed by atoms with Crippen molar-refractivity contribution in [3.05, 3.63) is 6.20 Å². The normalized spacial score (nSPS) is 10.5. The fourth-order valence-corrected chi connectivity index (χ4v) is 2.30. The minimum atomic E-state index is -1.00. The fraction of sp³-hybridized carbons (Fsp3) is 0.600. The third-order valence-corrected chi connectivity index (χ3v) is 3.33. The van der Waals surface area contributed by atoms with Crippen molar-refractivity contribution in [3.8, 4) is 0 Å². The summed E-state index contributed by atoms with van der Waals surface area (Å²) >= 11 is 0. The number of carbonyl (C=O) groups is 2. The Balaban J connectivity index is 3.32. The lowest BCUT2D eigenvalue weighted by Gasteiger charge is -2.28. The van der Waals surface area contributed by atoms with E-state index >= 15 is 0 Å². The van der Waals surface area contributed by atoms with E-state index in [0.717, 1.165) is 13.1 Å². The molecule has 0 bridgehead atoms. The third kappa shape index (κ3) is 4.80. The van der Waals surface area contributed by atoms with Crippen LogP contribution in [0.3, 0.4) is 0 Å². The highest BCUT2D eigenvalue weighted by Crippen LogP contribution is 2.27. The van der Waals surface area contributed by atoms with Crippen molar-refractivity contribution in [1.82, 2.24) is 9.97 Å². The zero-order valence-electron chi connectivity index (χ0n) is 14.3. The van der Waals surface area contributed by atoms with E-state index in [0.29, 0.717) is 17.5 Å². The second-order valence-electron chi connectivity index (χ2n) is 5.31. The number of aliphatic carboxylic acids is 1. The molecular formula is C15H25N5O3. The summed E-state index contributed by atoms with van der Waals surface area (Å²) in [6, 6.07) is -0.0965. The number of nitrogens with one attached hydrogen (secondary N) is 1. The van der Waals surface area contributed by atoms with Crippen molar-refractivity contribution in [2.24, 2.45) is 0 Å². The highest BCUT2D eigenvalue weighted by molar-refractivity contribution is 5.95. The van der Waals surface area contributed by atoms with Crippen LogP contribution in [0.15, 0.2) is 6.20 Å². The first-order chi connectivity index (χ1) is 10.8. The van der Waals surface area contributed by atoms with Gasteiger partial charge in [0.05, 0.1) is 6.20 Å². The van der Waals surface area contributed by atoms with Gasteiger partial charge in [-0.1, -0.05) is 0 Å². The lowest BCUT2D eigenvalue weighted by molar-refractivity contribution is -0.135. The molecule has 0 aliphatic heterocycles. The number of anilines is 3. The van der Waals surface area contributed by atoms with Crippen molar-refractivity contribution in [2.75, 3.05) is 34.8 Å². The van der Waals surface area contributed by atoms with Crippen LogP contribution in [0.25, 0.3) is 0 Å². The maximum atomic E-state index is 11.9. The van der Waals surface area contributed by atoms with Gasteiger partial charge in [-0.2, -0.15) is 4.98 Å². The van der Waals surface area contributed by atoms with E-state index in [-0.39, 0.29) is 18.5 Å². The molecule has 1 amide bonds. The summed E-state index contributed by atoms with van der Waals surface area (Å²) in [6.07, 6.45) is 1.56. The van der Waals surface area contributed by atoms with Crippen LogP contribution < -0.4 is 15.1 Å². The van der Waals surface area contributed by atoms with Crippen LogP contribution in [0.2, 0.25) is 0 Å². The van der Waals surface area contributed by atoms with Gasteiger partial charge in [0.25, 0.3) is 0 Å². The zero-order valence-corrected chi connectivity index (χ0v) is 14.3. The lowest BCUT2D eigenvalue weighted by Crippen LogP contribution is -2.36. The van der Waals surface area contributed by atoms with E-state index in [2.05, 4.69) is 15.3 Å². The largest absolute Gasteiger partial charge is 0.480 e. The molecule has 0 unspecified atom stereocenters. The molecule has 8 heteroatoms. The number of carboxylic acids is 1. The number of rotatable bonds is 8. The summed E-state index contributed by atoms with van der Waals surface area (Å²) in [4.78, 5) is 35.0. The molecule has 0 aliphatic carbocycles. The second-order valence-corrected chi connectivity index (χ2v) is 5.31. The van der Waals surface area contributed by atoms with E-state index in [1.165, 1.54) is 11.8 Å². The van der Waals surface area contributed by atoms with Crippen molar-refractivity contribution >= 4 is 29.3 Å². The maximum absolute atomic E-state index is 11.9. The number of hydrogen-bond donors (Lipinski definition) is 2. The molecule has 0 radical (unpaired) electrons. The van der Waals surface area contributed by atoms with Crippen LogP contribution >= 0.6 is 0 Å². The van der Waals surface area contributed by atoms with Gasteiger partial charge in [0, 0.05) is 26.1 Å². The zero-order chi connectivity index (χ0) is 17.6. The predicted octanol–water partition coefficient (Wildman–Crippen LogP) is 1.58. The standard InChI is InChI=1S/C15H25N5O3/c1-6-19(7-2)15-17-8-12(20(10(3)4)11(5)21)14(18-15)16-9-13(22)23/h8,10H,6-7,9H2,1-5H3,(H,22,23)(H,16,17,18). The van der Waals surface area contributed by atoms with Gasteiger partial charge in [-0.15, -0.1) is 0 Å². The first kappa shape index (κ1) is 18.7. The van der Waals surface area contributed by atoms with Crippen LogP contribution in [0.5, 0.6) is 0 Å². The van der Waals surface area contributed by atoms with E-state index < -0.39 is 5.97 Å². The summed E-state index contributed by atoms with van der Waals surface area (Å²) in [7, 11) is 0. The van der Waals surface area contributed by atoms with Crippen LogP contribution in [-0.4, -0.2) is 52.6 Å². The minimum Gasteiger partial charge on any atom is -0.480 e. The summed E-state index contributed by atoms with van der Waals surface area (Å²) in [5.74, 6) is -0.317. The van der Waals surface area contributed by atoms with Crippen LogP contribution in [-0.2, 0) is 9.59 Å². The van der Waals surface area contributed by atoms with Crippen LogP contribution in [0.1, 0.15) is 34.6 Å². The van der Waals surface area contributed by atoms with E-state index in [4.69, 9.17) is 5.11 Å². The van der Waals surface area contributed by atoms with Gasteiger partial charge in [0.1, 0.15) is 12.2 Å². The summed E-state index contributed by atoms with van der Waals surface area (Å²) < 4.78 is 0. The van der Waals surface area contributed by atoms with Gasteiger partial charge in [-0.05, 0) is 27.7 Å². The molecular weight excluding hydrogens is 298 g/mol. The Morgan fingerprint density at radius 1 is 1.30 bits per heavy atom. The van der Waals surface area contributed by atoms with Gasteiger partial charge in [0.15, 0.2) is 5.82 Å². The average molecular weight is 323 g/mol. The van der Waals surface area contributed by atoms with Crippen molar-refractivity contribution in [1.29, 1.82) is 0 Å². The first-order valence-electron chi connectivity index (χ1n) is 7.69. The Morgan fingerprint density at radius 3 is 2.35 bits per heavy atom. The predicted molar refractivity (Wildman–Crippen MR) is 90.0 cm³/mol. The van der Waals surface area contributed by atoms with Crippen LogP contribution in [0, 0.1) is 0 Å². The van der Waals surface area contributed by atoms with Gasteiger partial charge in [0.2, 0.25) is 11.9 Å². The van der Waals surface area contributed by atoms with E-state index in [1.54, 1.807) is 6.20 Å². The number of nitrogens with zero attached hydrogens (tertiary/aromatic N) is 4. The average Bonchev–Trinajstić information content (AvgIpc) is 2.47. The molecule has 1 rings (SSSR count). The number of carbonyl (C=O) groups excluding carboxylic acids is 1. The molecule has 0 saturated heterocycles. The van der Waals surface area contributed by atoms with Crippen molar-refractivity contribution < 1.29 is 14.7 Å². The van der Waals surface area contributed by atoms with Gasteiger partial charge in [-0.25, -0.2) is 4.98 Å².